The van der Waals surface area contributed by atoms with Crippen molar-refractivity contribution in [2.45, 2.75) is 64.1 Å². The van der Waals surface area contributed by atoms with Gasteiger partial charge in [-0.2, -0.15) is 0 Å². The summed E-state index contributed by atoms with van der Waals surface area (Å²) in [5.74, 6) is 0.823. The number of rotatable bonds is 8. The molecule has 0 spiro atoms. The second-order valence-corrected chi connectivity index (χ2v) is 6.73. The van der Waals surface area contributed by atoms with Gasteiger partial charge in [0.05, 0.1) is 0 Å². The van der Waals surface area contributed by atoms with Gasteiger partial charge in [-0.15, -0.1) is 0 Å². The molecule has 112 valence electrons. The third-order valence-corrected chi connectivity index (χ3v) is 5.15. The van der Waals surface area contributed by atoms with Crippen molar-refractivity contribution in [3.8, 4) is 0 Å². The zero-order valence-corrected chi connectivity index (χ0v) is 13.4. The Kier molecular flexibility index (Phi) is 5.67. The third-order valence-electron chi connectivity index (χ3n) is 5.15. The van der Waals surface area contributed by atoms with Gasteiger partial charge in [-0.3, -0.25) is 4.90 Å². The second-order valence-electron chi connectivity index (χ2n) is 6.73. The highest BCUT2D eigenvalue weighted by Crippen LogP contribution is 2.29. The van der Waals surface area contributed by atoms with Crippen molar-refractivity contribution < 1.29 is 0 Å². The van der Waals surface area contributed by atoms with Gasteiger partial charge in [-0.05, 0) is 39.3 Å². The molecule has 1 N–H and O–H groups in total. The second kappa shape index (κ2) is 7.05. The van der Waals surface area contributed by atoms with E-state index in [2.05, 4.69) is 43.1 Å². The van der Waals surface area contributed by atoms with E-state index < -0.39 is 0 Å². The van der Waals surface area contributed by atoms with E-state index in [9.17, 15) is 0 Å². The molecule has 2 atom stereocenters. The average Bonchev–Trinajstić information content (AvgIpc) is 3.14. The van der Waals surface area contributed by atoms with Gasteiger partial charge in [-0.25, -0.2) is 0 Å². The first-order valence-electron chi connectivity index (χ1n) is 8.29. The normalized spacial score (nSPS) is 26.5. The third kappa shape index (κ3) is 4.17. The van der Waals surface area contributed by atoms with Crippen LogP contribution in [0.2, 0.25) is 0 Å². The SMILES string of the molecule is CCC(CC)C(CNC1CCN(C2CC2)C1)N(C)C. The number of hydrogen-bond donors (Lipinski definition) is 1. The van der Waals surface area contributed by atoms with Gasteiger partial charge in [0.25, 0.3) is 0 Å². The van der Waals surface area contributed by atoms with Crippen molar-refractivity contribution in [2.75, 3.05) is 33.7 Å². The lowest BCUT2D eigenvalue weighted by atomic mass is 9.93. The van der Waals surface area contributed by atoms with Crippen LogP contribution in [0.3, 0.4) is 0 Å². The van der Waals surface area contributed by atoms with Gasteiger partial charge in [0, 0.05) is 37.8 Å². The summed E-state index contributed by atoms with van der Waals surface area (Å²) in [6, 6.07) is 2.36. The average molecular weight is 267 g/mol. The fraction of sp³-hybridized carbons (Fsp3) is 1.00. The molecule has 1 aliphatic carbocycles. The maximum absolute atomic E-state index is 3.84. The van der Waals surface area contributed by atoms with Crippen LogP contribution in [0, 0.1) is 5.92 Å². The minimum Gasteiger partial charge on any atom is -0.311 e. The van der Waals surface area contributed by atoms with Crippen molar-refractivity contribution in [2.24, 2.45) is 5.92 Å². The highest BCUT2D eigenvalue weighted by Gasteiger charge is 2.34. The van der Waals surface area contributed by atoms with Crippen LogP contribution in [0.1, 0.15) is 46.0 Å². The molecule has 1 aliphatic heterocycles. The Labute approximate surface area is 119 Å². The van der Waals surface area contributed by atoms with Crippen LogP contribution in [0.15, 0.2) is 0 Å². The van der Waals surface area contributed by atoms with Gasteiger partial charge >= 0.3 is 0 Å². The van der Waals surface area contributed by atoms with Crippen molar-refractivity contribution in [3.63, 3.8) is 0 Å². The van der Waals surface area contributed by atoms with E-state index in [0.717, 1.165) is 24.5 Å². The Hall–Kier alpha value is -0.120. The van der Waals surface area contributed by atoms with Crippen molar-refractivity contribution in [1.29, 1.82) is 0 Å². The first-order chi connectivity index (χ1) is 9.15. The molecular weight excluding hydrogens is 234 g/mol. The maximum Gasteiger partial charge on any atom is 0.0242 e. The molecule has 0 amide bonds. The fourth-order valence-corrected chi connectivity index (χ4v) is 3.62. The topological polar surface area (TPSA) is 18.5 Å². The van der Waals surface area contributed by atoms with E-state index >= 15 is 0 Å². The molecule has 0 radical (unpaired) electrons. The molecule has 0 bridgehead atoms. The molecule has 3 heteroatoms. The molecule has 2 fully saturated rings. The van der Waals surface area contributed by atoms with Crippen molar-refractivity contribution in [1.82, 2.24) is 15.1 Å². The smallest absolute Gasteiger partial charge is 0.0242 e. The molecule has 0 aromatic heterocycles. The first-order valence-corrected chi connectivity index (χ1v) is 8.29. The Morgan fingerprint density at radius 3 is 2.37 bits per heavy atom. The molecule has 1 saturated carbocycles. The van der Waals surface area contributed by atoms with Gasteiger partial charge < -0.3 is 10.2 Å². The van der Waals surface area contributed by atoms with E-state index in [1.165, 1.54) is 45.2 Å². The molecule has 0 aromatic rings. The van der Waals surface area contributed by atoms with Gasteiger partial charge in [0.2, 0.25) is 0 Å². The summed E-state index contributed by atoms with van der Waals surface area (Å²) >= 11 is 0. The van der Waals surface area contributed by atoms with Crippen LogP contribution in [-0.2, 0) is 0 Å². The standard InChI is InChI=1S/C16H33N3/c1-5-13(6-2)16(18(3)4)11-17-14-9-10-19(12-14)15-7-8-15/h13-17H,5-12H2,1-4H3. The number of likely N-dealkylation sites (tertiary alicyclic amines) is 1. The van der Waals surface area contributed by atoms with Crippen LogP contribution in [0.25, 0.3) is 0 Å². The molecule has 0 aromatic carbocycles. The minimum atomic E-state index is 0.685. The number of nitrogens with one attached hydrogen (secondary N) is 1. The highest BCUT2D eigenvalue weighted by atomic mass is 15.2. The van der Waals surface area contributed by atoms with E-state index in [0.29, 0.717) is 6.04 Å². The van der Waals surface area contributed by atoms with Gasteiger partial charge in [-0.1, -0.05) is 26.7 Å². The van der Waals surface area contributed by atoms with Crippen molar-refractivity contribution >= 4 is 0 Å². The summed E-state index contributed by atoms with van der Waals surface area (Å²) in [6.45, 7) is 8.42. The van der Waals surface area contributed by atoms with Crippen molar-refractivity contribution in [3.05, 3.63) is 0 Å². The zero-order valence-electron chi connectivity index (χ0n) is 13.4. The summed E-state index contributed by atoms with van der Waals surface area (Å²) in [7, 11) is 4.46. The van der Waals surface area contributed by atoms with Crippen LogP contribution in [0.4, 0.5) is 0 Å². The van der Waals surface area contributed by atoms with Crippen LogP contribution in [-0.4, -0.2) is 61.7 Å². The predicted molar refractivity (Wildman–Crippen MR) is 82.5 cm³/mol. The quantitative estimate of drug-likeness (QED) is 0.727. The number of hydrogen-bond acceptors (Lipinski definition) is 3. The van der Waals surface area contributed by atoms with Gasteiger partial charge in [0.15, 0.2) is 0 Å². The van der Waals surface area contributed by atoms with Crippen LogP contribution in [0.5, 0.6) is 0 Å². The lowest BCUT2D eigenvalue weighted by Gasteiger charge is -2.32. The lowest BCUT2D eigenvalue weighted by Crippen LogP contribution is -2.46. The van der Waals surface area contributed by atoms with Crippen LogP contribution >= 0.6 is 0 Å². The first kappa shape index (κ1) is 15.3. The lowest BCUT2D eigenvalue weighted by molar-refractivity contribution is 0.189. The summed E-state index contributed by atoms with van der Waals surface area (Å²) < 4.78 is 0. The molecule has 19 heavy (non-hydrogen) atoms. The summed E-state index contributed by atoms with van der Waals surface area (Å²) in [6.07, 6.45) is 6.82. The molecule has 2 unspecified atom stereocenters. The highest BCUT2D eigenvalue weighted by molar-refractivity contribution is 4.92. The van der Waals surface area contributed by atoms with E-state index in [-0.39, 0.29) is 0 Å². The molecule has 2 rings (SSSR count). The van der Waals surface area contributed by atoms with E-state index in [4.69, 9.17) is 0 Å². The Morgan fingerprint density at radius 1 is 1.16 bits per heavy atom. The van der Waals surface area contributed by atoms with E-state index in [1.54, 1.807) is 0 Å². The number of nitrogens with zero attached hydrogens (tertiary/aromatic N) is 2. The number of likely N-dealkylation sites (N-methyl/N-ethyl adjacent to an activating group) is 1. The molecule has 1 heterocycles. The van der Waals surface area contributed by atoms with Gasteiger partial charge in [0.1, 0.15) is 0 Å². The Morgan fingerprint density at radius 2 is 1.84 bits per heavy atom. The predicted octanol–water partition coefficient (Wildman–Crippen LogP) is 2.18. The summed E-state index contributed by atoms with van der Waals surface area (Å²) in [5, 5.41) is 3.84. The summed E-state index contributed by atoms with van der Waals surface area (Å²) in [5.41, 5.74) is 0. The minimum absolute atomic E-state index is 0.685. The van der Waals surface area contributed by atoms with E-state index in [1.807, 2.05) is 0 Å². The summed E-state index contributed by atoms with van der Waals surface area (Å²) in [4.78, 5) is 5.11. The molecular formula is C16H33N3. The largest absolute Gasteiger partial charge is 0.311 e. The molecule has 3 nitrogen and oxygen atoms in total. The maximum atomic E-state index is 3.84. The zero-order chi connectivity index (χ0) is 13.8. The molecule has 1 saturated heterocycles. The Balaban J connectivity index is 1.75. The van der Waals surface area contributed by atoms with Crippen LogP contribution < -0.4 is 5.32 Å². The fourth-order valence-electron chi connectivity index (χ4n) is 3.62. The molecule has 2 aliphatic rings. The monoisotopic (exact) mass is 267 g/mol. The Bertz CT molecular complexity index is 259.